The molecule has 5 nitrogen and oxygen atoms in total. The van der Waals surface area contributed by atoms with Crippen LogP contribution in [0.15, 0.2) is 24.3 Å². The van der Waals surface area contributed by atoms with Crippen molar-refractivity contribution in [2.75, 3.05) is 0 Å². The molecule has 5 heteroatoms. The van der Waals surface area contributed by atoms with Gasteiger partial charge < -0.3 is 5.73 Å². The van der Waals surface area contributed by atoms with E-state index in [0.717, 1.165) is 18.4 Å². The van der Waals surface area contributed by atoms with Crippen LogP contribution in [0.2, 0.25) is 0 Å². The van der Waals surface area contributed by atoms with Gasteiger partial charge in [-0.3, -0.25) is 14.9 Å². The zero-order valence-corrected chi connectivity index (χ0v) is 8.63. The third-order valence-corrected chi connectivity index (χ3v) is 3.15. The molecule has 1 aromatic carbocycles. The Balaban J connectivity index is 2.24. The standard InChI is InChI=1S/C11H12N2O3/c12-11(14)10-5-4-9(10)7-2-1-3-8(6-7)13(15)16/h1-3,6,9-10H,4-5H2,(H2,12,14)/t9-,10-/m1/s1. The highest BCUT2D eigenvalue weighted by Gasteiger charge is 2.36. The lowest BCUT2D eigenvalue weighted by Crippen LogP contribution is -2.35. The molecule has 1 aromatic rings. The minimum atomic E-state index is -0.429. The normalized spacial score (nSPS) is 23.5. The van der Waals surface area contributed by atoms with Crippen LogP contribution in [0.1, 0.15) is 24.3 Å². The number of nitrogens with two attached hydrogens (primary N) is 1. The Morgan fingerprint density at radius 3 is 2.69 bits per heavy atom. The maximum Gasteiger partial charge on any atom is 0.269 e. The van der Waals surface area contributed by atoms with Gasteiger partial charge in [-0.05, 0) is 24.3 Å². The van der Waals surface area contributed by atoms with E-state index in [-0.39, 0.29) is 23.4 Å². The topological polar surface area (TPSA) is 86.2 Å². The summed E-state index contributed by atoms with van der Waals surface area (Å²) < 4.78 is 0. The molecule has 0 spiro atoms. The highest BCUT2D eigenvalue weighted by atomic mass is 16.6. The van der Waals surface area contributed by atoms with Gasteiger partial charge in [0.25, 0.3) is 5.69 Å². The number of hydrogen-bond acceptors (Lipinski definition) is 3. The second kappa shape index (κ2) is 3.92. The molecule has 1 fully saturated rings. The Morgan fingerprint density at radius 1 is 1.44 bits per heavy atom. The zero-order chi connectivity index (χ0) is 11.7. The number of nitro groups is 1. The fourth-order valence-electron chi connectivity index (χ4n) is 2.11. The number of primary amides is 1. The third kappa shape index (κ3) is 1.76. The summed E-state index contributed by atoms with van der Waals surface area (Å²) >= 11 is 0. The molecule has 1 saturated carbocycles. The highest BCUT2D eigenvalue weighted by Crippen LogP contribution is 2.42. The molecule has 1 aliphatic rings. The number of carbonyl (C=O) groups is 1. The van der Waals surface area contributed by atoms with Crippen molar-refractivity contribution in [3.05, 3.63) is 39.9 Å². The van der Waals surface area contributed by atoms with Crippen LogP contribution in [0.3, 0.4) is 0 Å². The minimum Gasteiger partial charge on any atom is -0.369 e. The summed E-state index contributed by atoms with van der Waals surface area (Å²) in [7, 11) is 0. The number of amides is 1. The maximum atomic E-state index is 11.1. The van der Waals surface area contributed by atoms with Gasteiger partial charge in [-0.25, -0.2) is 0 Å². The van der Waals surface area contributed by atoms with Gasteiger partial charge in [0.1, 0.15) is 0 Å². The molecule has 0 aromatic heterocycles. The molecular weight excluding hydrogens is 208 g/mol. The molecule has 0 heterocycles. The van der Waals surface area contributed by atoms with E-state index in [1.807, 2.05) is 6.07 Å². The van der Waals surface area contributed by atoms with Gasteiger partial charge in [0.15, 0.2) is 0 Å². The number of rotatable bonds is 3. The van der Waals surface area contributed by atoms with Crippen LogP contribution in [0.5, 0.6) is 0 Å². The van der Waals surface area contributed by atoms with Crippen molar-refractivity contribution in [2.24, 2.45) is 11.7 Å². The summed E-state index contributed by atoms with van der Waals surface area (Å²) in [5.41, 5.74) is 6.15. The SMILES string of the molecule is NC(=O)[C@@H]1CC[C@@H]1c1cccc([N+](=O)[O-])c1. The molecule has 0 aliphatic heterocycles. The Morgan fingerprint density at radius 2 is 2.19 bits per heavy atom. The van der Waals surface area contributed by atoms with Crippen molar-refractivity contribution in [1.29, 1.82) is 0 Å². The molecular formula is C11H12N2O3. The van der Waals surface area contributed by atoms with E-state index >= 15 is 0 Å². The van der Waals surface area contributed by atoms with Crippen molar-refractivity contribution in [1.82, 2.24) is 0 Å². The predicted octanol–water partition coefficient (Wildman–Crippen LogP) is 1.57. The zero-order valence-electron chi connectivity index (χ0n) is 8.63. The molecule has 0 radical (unpaired) electrons. The van der Waals surface area contributed by atoms with Crippen LogP contribution in [0.25, 0.3) is 0 Å². The first-order valence-corrected chi connectivity index (χ1v) is 5.13. The van der Waals surface area contributed by atoms with E-state index in [0.29, 0.717) is 0 Å². The van der Waals surface area contributed by atoms with Gasteiger partial charge in [0.05, 0.1) is 4.92 Å². The number of benzene rings is 1. The number of carbonyl (C=O) groups excluding carboxylic acids is 1. The van der Waals surface area contributed by atoms with Crippen LogP contribution >= 0.6 is 0 Å². The average Bonchev–Trinajstić information content (AvgIpc) is 2.15. The lowest BCUT2D eigenvalue weighted by molar-refractivity contribution is -0.384. The fraction of sp³-hybridized carbons (Fsp3) is 0.364. The van der Waals surface area contributed by atoms with E-state index in [1.54, 1.807) is 6.07 Å². The lowest BCUT2D eigenvalue weighted by atomic mass is 9.69. The third-order valence-electron chi connectivity index (χ3n) is 3.15. The van der Waals surface area contributed by atoms with Crippen molar-refractivity contribution >= 4 is 11.6 Å². The lowest BCUT2D eigenvalue weighted by Gasteiger charge is -2.34. The molecule has 1 amide bonds. The first kappa shape index (κ1) is 10.6. The first-order chi connectivity index (χ1) is 7.59. The van der Waals surface area contributed by atoms with Gasteiger partial charge in [0.2, 0.25) is 5.91 Å². The van der Waals surface area contributed by atoms with Crippen LogP contribution in [0, 0.1) is 16.0 Å². The van der Waals surface area contributed by atoms with Crippen LogP contribution in [-0.4, -0.2) is 10.8 Å². The Hall–Kier alpha value is -1.91. The van der Waals surface area contributed by atoms with Gasteiger partial charge in [-0.1, -0.05) is 12.1 Å². The number of nitro benzene ring substituents is 1. The Labute approximate surface area is 92.4 Å². The summed E-state index contributed by atoms with van der Waals surface area (Å²) in [5, 5.41) is 10.6. The summed E-state index contributed by atoms with van der Waals surface area (Å²) in [5.74, 6) is -0.429. The maximum absolute atomic E-state index is 11.1. The first-order valence-electron chi connectivity index (χ1n) is 5.13. The second-order valence-electron chi connectivity index (χ2n) is 4.04. The highest BCUT2D eigenvalue weighted by molar-refractivity contribution is 5.79. The monoisotopic (exact) mass is 220 g/mol. The minimum absolute atomic E-state index is 0.0531. The van der Waals surface area contributed by atoms with E-state index in [9.17, 15) is 14.9 Å². The number of nitrogens with zero attached hydrogens (tertiary/aromatic N) is 1. The van der Waals surface area contributed by atoms with E-state index in [4.69, 9.17) is 5.73 Å². The van der Waals surface area contributed by atoms with E-state index in [1.165, 1.54) is 12.1 Å². The summed E-state index contributed by atoms with van der Waals surface area (Å²) in [6.45, 7) is 0. The van der Waals surface area contributed by atoms with E-state index in [2.05, 4.69) is 0 Å². The molecule has 2 N–H and O–H groups in total. The summed E-state index contributed by atoms with van der Waals surface area (Å²) in [4.78, 5) is 21.3. The van der Waals surface area contributed by atoms with Crippen molar-refractivity contribution in [3.8, 4) is 0 Å². The molecule has 0 bridgehead atoms. The molecule has 2 atom stereocenters. The molecule has 16 heavy (non-hydrogen) atoms. The number of non-ortho nitro benzene ring substituents is 1. The van der Waals surface area contributed by atoms with Gasteiger partial charge >= 0.3 is 0 Å². The molecule has 84 valence electrons. The molecule has 0 unspecified atom stereocenters. The van der Waals surface area contributed by atoms with Crippen molar-refractivity contribution in [2.45, 2.75) is 18.8 Å². The number of hydrogen-bond donors (Lipinski definition) is 1. The molecule has 0 saturated heterocycles. The van der Waals surface area contributed by atoms with Gasteiger partial charge in [-0.2, -0.15) is 0 Å². The van der Waals surface area contributed by atoms with Crippen LogP contribution in [0.4, 0.5) is 5.69 Å². The average molecular weight is 220 g/mol. The predicted molar refractivity (Wildman–Crippen MR) is 57.8 cm³/mol. The fourth-order valence-corrected chi connectivity index (χ4v) is 2.11. The largest absolute Gasteiger partial charge is 0.369 e. The van der Waals surface area contributed by atoms with Gasteiger partial charge in [0, 0.05) is 18.1 Å². The second-order valence-corrected chi connectivity index (χ2v) is 4.04. The van der Waals surface area contributed by atoms with Gasteiger partial charge in [-0.15, -0.1) is 0 Å². The quantitative estimate of drug-likeness (QED) is 0.619. The molecule has 2 rings (SSSR count). The van der Waals surface area contributed by atoms with Crippen molar-refractivity contribution < 1.29 is 9.72 Å². The summed E-state index contributed by atoms with van der Waals surface area (Å²) in [6.07, 6.45) is 1.65. The molecule has 1 aliphatic carbocycles. The summed E-state index contributed by atoms with van der Waals surface area (Å²) in [6, 6.07) is 6.43. The smallest absolute Gasteiger partial charge is 0.269 e. The van der Waals surface area contributed by atoms with Crippen LogP contribution < -0.4 is 5.73 Å². The van der Waals surface area contributed by atoms with Crippen LogP contribution in [-0.2, 0) is 4.79 Å². The van der Waals surface area contributed by atoms with E-state index < -0.39 is 4.92 Å². The van der Waals surface area contributed by atoms with Crippen molar-refractivity contribution in [3.63, 3.8) is 0 Å². The Bertz CT molecular complexity index is 445. The Kier molecular flexibility index (Phi) is 2.60.